The zero-order valence-electron chi connectivity index (χ0n) is 18.5. The molecule has 2 saturated carbocycles. The molecule has 0 atom stereocenters. The van der Waals surface area contributed by atoms with Crippen molar-refractivity contribution in [1.82, 2.24) is 14.5 Å². The molecule has 2 aliphatic rings. The standard InChI is InChI=1S/C24H33N3O3S/c1-18(2)15-26(23(28)20-10-6-7-11-20)16-22-14-25-24(27(22)21-12-13-21)31(29,30)17-19-8-4-3-5-9-19/h3-5,8-9,14,18,20-21H,6-7,10-13,15-17H2,1-2H3. The first-order valence-electron chi connectivity index (χ1n) is 11.5. The number of carbonyl (C=O) groups is 1. The molecule has 6 nitrogen and oxygen atoms in total. The summed E-state index contributed by atoms with van der Waals surface area (Å²) >= 11 is 0. The van der Waals surface area contributed by atoms with Gasteiger partial charge in [0.2, 0.25) is 20.9 Å². The van der Waals surface area contributed by atoms with Crippen molar-refractivity contribution in [3.63, 3.8) is 0 Å². The molecule has 0 aliphatic heterocycles. The van der Waals surface area contributed by atoms with Crippen LogP contribution in [-0.2, 0) is 26.9 Å². The number of imidazole rings is 1. The van der Waals surface area contributed by atoms with E-state index in [-0.39, 0.29) is 28.8 Å². The van der Waals surface area contributed by atoms with Crippen LogP contribution in [0.25, 0.3) is 0 Å². The molecule has 1 amide bonds. The van der Waals surface area contributed by atoms with E-state index >= 15 is 0 Å². The molecule has 0 radical (unpaired) electrons. The van der Waals surface area contributed by atoms with Gasteiger partial charge < -0.3 is 9.47 Å². The number of sulfone groups is 1. The van der Waals surface area contributed by atoms with Crippen LogP contribution >= 0.6 is 0 Å². The van der Waals surface area contributed by atoms with Gasteiger partial charge in [0.05, 0.1) is 24.2 Å². The molecule has 0 spiro atoms. The maximum Gasteiger partial charge on any atom is 0.228 e. The number of nitrogens with zero attached hydrogens (tertiary/aromatic N) is 3. The molecule has 1 heterocycles. The van der Waals surface area contributed by atoms with Crippen LogP contribution in [0.4, 0.5) is 0 Å². The Hall–Kier alpha value is -2.15. The molecular formula is C24H33N3O3S. The van der Waals surface area contributed by atoms with Gasteiger partial charge in [0.1, 0.15) is 0 Å². The molecule has 168 valence electrons. The van der Waals surface area contributed by atoms with Gasteiger partial charge in [-0.25, -0.2) is 13.4 Å². The number of hydrogen-bond donors (Lipinski definition) is 0. The van der Waals surface area contributed by atoms with Gasteiger partial charge in [0, 0.05) is 18.5 Å². The van der Waals surface area contributed by atoms with Crippen molar-refractivity contribution in [2.45, 2.75) is 75.9 Å². The number of rotatable bonds is 9. The van der Waals surface area contributed by atoms with E-state index in [1.807, 2.05) is 39.8 Å². The first-order valence-corrected chi connectivity index (χ1v) is 13.1. The summed E-state index contributed by atoms with van der Waals surface area (Å²) in [7, 11) is -3.57. The van der Waals surface area contributed by atoms with Gasteiger partial charge in [-0.3, -0.25) is 4.79 Å². The molecule has 1 aromatic heterocycles. The van der Waals surface area contributed by atoms with Crippen molar-refractivity contribution in [3.05, 3.63) is 47.8 Å². The third-order valence-corrected chi connectivity index (χ3v) is 7.76. The SMILES string of the molecule is CC(C)CN(Cc1cnc(S(=O)(=O)Cc2ccccc2)n1C1CC1)C(=O)C1CCCC1. The van der Waals surface area contributed by atoms with Crippen LogP contribution in [0, 0.1) is 11.8 Å². The first kappa shape index (κ1) is 22.1. The highest BCUT2D eigenvalue weighted by Crippen LogP contribution is 2.39. The third kappa shape index (κ3) is 5.20. The number of hydrogen-bond acceptors (Lipinski definition) is 4. The van der Waals surface area contributed by atoms with Crippen molar-refractivity contribution in [2.75, 3.05) is 6.54 Å². The Kier molecular flexibility index (Phi) is 6.51. The fourth-order valence-electron chi connectivity index (χ4n) is 4.61. The van der Waals surface area contributed by atoms with E-state index in [0.717, 1.165) is 49.8 Å². The first-order chi connectivity index (χ1) is 14.8. The minimum Gasteiger partial charge on any atom is -0.336 e. The average Bonchev–Trinajstić information content (AvgIpc) is 3.24. The van der Waals surface area contributed by atoms with Crippen LogP contribution in [0.3, 0.4) is 0 Å². The van der Waals surface area contributed by atoms with Crippen LogP contribution in [0.2, 0.25) is 0 Å². The van der Waals surface area contributed by atoms with Gasteiger partial charge in [-0.1, -0.05) is 57.0 Å². The quantitative estimate of drug-likeness (QED) is 0.577. The van der Waals surface area contributed by atoms with Crippen LogP contribution in [0.15, 0.2) is 41.7 Å². The van der Waals surface area contributed by atoms with E-state index in [4.69, 9.17) is 0 Å². The Morgan fingerprint density at radius 1 is 1.13 bits per heavy atom. The van der Waals surface area contributed by atoms with Gasteiger partial charge in [0.15, 0.2) is 0 Å². The van der Waals surface area contributed by atoms with Gasteiger partial charge in [-0.2, -0.15) is 0 Å². The summed E-state index contributed by atoms with van der Waals surface area (Å²) < 4.78 is 28.3. The van der Waals surface area contributed by atoms with Gasteiger partial charge in [-0.05, 0) is 37.2 Å². The summed E-state index contributed by atoms with van der Waals surface area (Å²) in [5.74, 6) is 0.609. The molecule has 0 bridgehead atoms. The van der Waals surface area contributed by atoms with Gasteiger partial charge in [0.25, 0.3) is 0 Å². The second kappa shape index (κ2) is 9.15. The molecule has 31 heavy (non-hydrogen) atoms. The Labute approximate surface area is 185 Å². The summed E-state index contributed by atoms with van der Waals surface area (Å²) in [4.78, 5) is 19.5. The Morgan fingerprint density at radius 3 is 2.42 bits per heavy atom. The molecular weight excluding hydrogens is 410 g/mol. The predicted molar refractivity (Wildman–Crippen MR) is 120 cm³/mol. The van der Waals surface area contributed by atoms with E-state index in [1.54, 1.807) is 6.20 Å². The summed E-state index contributed by atoms with van der Waals surface area (Å²) in [6.45, 7) is 5.33. The fourth-order valence-corrected chi connectivity index (χ4v) is 6.15. The maximum absolute atomic E-state index is 13.2. The molecule has 2 aromatic rings. The van der Waals surface area contributed by atoms with Crippen molar-refractivity contribution >= 4 is 15.7 Å². The molecule has 4 rings (SSSR count). The zero-order chi connectivity index (χ0) is 22.0. The molecule has 7 heteroatoms. The smallest absolute Gasteiger partial charge is 0.228 e. The number of benzene rings is 1. The lowest BCUT2D eigenvalue weighted by atomic mass is 10.1. The number of amides is 1. The lowest BCUT2D eigenvalue weighted by molar-refractivity contribution is -0.136. The zero-order valence-corrected chi connectivity index (χ0v) is 19.4. The third-order valence-electron chi connectivity index (χ3n) is 6.18. The average molecular weight is 444 g/mol. The minimum absolute atomic E-state index is 0.0618. The fraction of sp³-hybridized carbons (Fsp3) is 0.583. The van der Waals surface area contributed by atoms with Crippen molar-refractivity contribution < 1.29 is 13.2 Å². The lowest BCUT2D eigenvalue weighted by Crippen LogP contribution is -2.38. The highest BCUT2D eigenvalue weighted by atomic mass is 32.2. The monoisotopic (exact) mass is 443 g/mol. The highest BCUT2D eigenvalue weighted by Gasteiger charge is 2.35. The summed E-state index contributed by atoms with van der Waals surface area (Å²) in [6, 6.07) is 9.40. The molecule has 2 fully saturated rings. The summed E-state index contributed by atoms with van der Waals surface area (Å²) in [6.07, 6.45) is 7.75. The van der Waals surface area contributed by atoms with Crippen LogP contribution in [0.5, 0.6) is 0 Å². The number of carbonyl (C=O) groups excluding carboxylic acids is 1. The normalized spacial score (nSPS) is 17.4. The Balaban J connectivity index is 1.61. The van der Waals surface area contributed by atoms with E-state index in [0.29, 0.717) is 19.0 Å². The lowest BCUT2D eigenvalue weighted by Gasteiger charge is -2.28. The second-order valence-corrected chi connectivity index (χ2v) is 11.4. The Morgan fingerprint density at radius 2 is 1.81 bits per heavy atom. The van der Waals surface area contributed by atoms with Crippen LogP contribution in [-0.4, -0.2) is 35.3 Å². The molecule has 0 N–H and O–H groups in total. The van der Waals surface area contributed by atoms with Crippen molar-refractivity contribution in [3.8, 4) is 0 Å². The summed E-state index contributed by atoms with van der Waals surface area (Å²) in [5, 5.41) is 0.145. The highest BCUT2D eigenvalue weighted by molar-refractivity contribution is 7.90. The van der Waals surface area contributed by atoms with E-state index in [9.17, 15) is 13.2 Å². The largest absolute Gasteiger partial charge is 0.336 e. The van der Waals surface area contributed by atoms with Crippen LogP contribution in [0.1, 0.15) is 69.7 Å². The van der Waals surface area contributed by atoms with E-state index < -0.39 is 9.84 Å². The maximum atomic E-state index is 13.2. The molecule has 0 unspecified atom stereocenters. The molecule has 1 aromatic carbocycles. The Bertz CT molecular complexity index is 1000. The van der Waals surface area contributed by atoms with E-state index in [2.05, 4.69) is 18.8 Å². The van der Waals surface area contributed by atoms with E-state index in [1.165, 1.54) is 0 Å². The van der Waals surface area contributed by atoms with Gasteiger partial charge >= 0.3 is 0 Å². The van der Waals surface area contributed by atoms with Crippen molar-refractivity contribution in [2.24, 2.45) is 11.8 Å². The molecule has 0 saturated heterocycles. The van der Waals surface area contributed by atoms with Crippen LogP contribution < -0.4 is 0 Å². The predicted octanol–water partition coefficient (Wildman–Crippen LogP) is 4.37. The minimum atomic E-state index is -3.57. The summed E-state index contributed by atoms with van der Waals surface area (Å²) in [5.41, 5.74) is 1.59. The number of aromatic nitrogens is 2. The topological polar surface area (TPSA) is 72.3 Å². The van der Waals surface area contributed by atoms with Crippen molar-refractivity contribution in [1.29, 1.82) is 0 Å². The molecule has 2 aliphatic carbocycles. The van der Waals surface area contributed by atoms with Gasteiger partial charge in [-0.15, -0.1) is 0 Å². The second-order valence-electron chi connectivity index (χ2n) is 9.47.